The molecule has 25 heavy (non-hydrogen) atoms. The number of aromatic nitrogens is 1. The van der Waals surface area contributed by atoms with Gasteiger partial charge in [-0.25, -0.2) is 5.43 Å². The topological polar surface area (TPSA) is 83.3 Å². The molecule has 0 bridgehead atoms. The Labute approximate surface area is 145 Å². The molecule has 1 aliphatic heterocycles. The summed E-state index contributed by atoms with van der Waals surface area (Å²) in [6.07, 6.45) is 3.36. The fraction of sp³-hybridized carbons (Fsp3) is 0.100. The first kappa shape index (κ1) is 15.2. The standard InChI is InChI=1S/C20H18N4O/c21-15-8-5-13(6-9-15)7-10-19-17(20(25)24-23-19)12-16-11-14-3-1-2-4-18(14)22-16/h1-6,8-9,11-12,22H,7,10,21H2,(H,24,25). The first-order chi connectivity index (χ1) is 12.2. The van der Waals surface area contributed by atoms with E-state index in [1.165, 1.54) is 5.56 Å². The van der Waals surface area contributed by atoms with Crippen molar-refractivity contribution in [2.75, 3.05) is 5.73 Å². The van der Waals surface area contributed by atoms with Crippen LogP contribution in [0.2, 0.25) is 0 Å². The van der Waals surface area contributed by atoms with Crippen LogP contribution >= 0.6 is 0 Å². The van der Waals surface area contributed by atoms with Crippen LogP contribution in [-0.2, 0) is 11.2 Å². The Morgan fingerprint density at radius 3 is 2.64 bits per heavy atom. The molecule has 4 N–H and O–H groups in total. The van der Waals surface area contributed by atoms with E-state index in [-0.39, 0.29) is 5.91 Å². The van der Waals surface area contributed by atoms with Gasteiger partial charge >= 0.3 is 0 Å². The largest absolute Gasteiger partial charge is 0.399 e. The lowest BCUT2D eigenvalue weighted by Crippen LogP contribution is -2.13. The number of H-pyrrole nitrogens is 1. The Kier molecular flexibility index (Phi) is 3.82. The van der Waals surface area contributed by atoms with Crippen LogP contribution in [0.15, 0.2) is 65.3 Å². The number of para-hydroxylation sites is 1. The molecule has 124 valence electrons. The molecule has 0 atom stereocenters. The average Bonchev–Trinajstić information content (AvgIpc) is 3.18. The number of fused-ring (bicyclic) bond motifs is 1. The highest BCUT2D eigenvalue weighted by atomic mass is 16.2. The maximum absolute atomic E-state index is 12.1. The number of benzene rings is 2. The Morgan fingerprint density at radius 2 is 1.84 bits per heavy atom. The minimum Gasteiger partial charge on any atom is -0.399 e. The molecule has 1 aliphatic rings. The number of anilines is 1. The fourth-order valence-electron chi connectivity index (χ4n) is 2.99. The van der Waals surface area contributed by atoms with Gasteiger partial charge in [0.2, 0.25) is 0 Å². The number of carbonyl (C=O) groups is 1. The summed E-state index contributed by atoms with van der Waals surface area (Å²) in [5.41, 5.74) is 13.5. The van der Waals surface area contributed by atoms with E-state index < -0.39 is 0 Å². The Balaban J connectivity index is 1.55. The second-order valence-corrected chi connectivity index (χ2v) is 6.11. The summed E-state index contributed by atoms with van der Waals surface area (Å²) in [4.78, 5) is 15.5. The number of aryl methyl sites for hydroxylation is 1. The van der Waals surface area contributed by atoms with Crippen LogP contribution in [0.1, 0.15) is 17.7 Å². The van der Waals surface area contributed by atoms with Crippen molar-refractivity contribution in [3.8, 4) is 0 Å². The predicted molar refractivity (Wildman–Crippen MR) is 101 cm³/mol. The van der Waals surface area contributed by atoms with Crippen molar-refractivity contribution in [1.29, 1.82) is 0 Å². The molecule has 4 rings (SSSR count). The van der Waals surface area contributed by atoms with Gasteiger partial charge in [0.15, 0.2) is 0 Å². The van der Waals surface area contributed by atoms with E-state index in [2.05, 4.69) is 15.5 Å². The lowest BCUT2D eigenvalue weighted by Gasteiger charge is -2.03. The van der Waals surface area contributed by atoms with Gasteiger partial charge in [0.1, 0.15) is 0 Å². The molecule has 0 spiro atoms. The van der Waals surface area contributed by atoms with E-state index in [4.69, 9.17) is 5.73 Å². The molecule has 0 fully saturated rings. The lowest BCUT2D eigenvalue weighted by atomic mass is 10.0. The Bertz CT molecular complexity index is 963. The molecule has 3 aromatic rings. The third kappa shape index (κ3) is 3.17. The van der Waals surface area contributed by atoms with E-state index >= 15 is 0 Å². The van der Waals surface area contributed by atoms with Gasteiger partial charge < -0.3 is 10.7 Å². The zero-order valence-electron chi connectivity index (χ0n) is 13.6. The van der Waals surface area contributed by atoms with Gasteiger partial charge in [-0.2, -0.15) is 5.10 Å². The van der Waals surface area contributed by atoms with Gasteiger partial charge in [0, 0.05) is 16.9 Å². The van der Waals surface area contributed by atoms with Crippen molar-refractivity contribution >= 4 is 34.3 Å². The van der Waals surface area contributed by atoms with Gasteiger partial charge in [0.25, 0.3) is 5.91 Å². The maximum Gasteiger partial charge on any atom is 0.273 e. The number of nitrogens with two attached hydrogens (primary N) is 1. The summed E-state index contributed by atoms with van der Waals surface area (Å²) in [5, 5.41) is 5.31. The predicted octanol–water partition coefficient (Wildman–Crippen LogP) is 3.25. The second-order valence-electron chi connectivity index (χ2n) is 6.11. The molecule has 1 aromatic heterocycles. The smallest absolute Gasteiger partial charge is 0.273 e. The Hall–Kier alpha value is -3.34. The molecule has 0 saturated carbocycles. The molecular formula is C20H18N4O. The summed E-state index contributed by atoms with van der Waals surface area (Å²) in [6, 6.07) is 17.8. The quantitative estimate of drug-likeness (QED) is 0.507. The highest BCUT2D eigenvalue weighted by Crippen LogP contribution is 2.20. The number of nitrogens with zero attached hydrogens (tertiary/aromatic N) is 1. The first-order valence-electron chi connectivity index (χ1n) is 8.20. The number of amides is 1. The number of nitrogens with one attached hydrogen (secondary N) is 2. The third-order valence-corrected chi connectivity index (χ3v) is 4.33. The van der Waals surface area contributed by atoms with E-state index in [1.807, 2.05) is 60.7 Å². The van der Waals surface area contributed by atoms with Crippen LogP contribution in [-0.4, -0.2) is 16.6 Å². The average molecular weight is 330 g/mol. The molecule has 2 aromatic carbocycles. The third-order valence-electron chi connectivity index (χ3n) is 4.33. The maximum atomic E-state index is 12.1. The molecule has 0 radical (unpaired) electrons. The van der Waals surface area contributed by atoms with Crippen LogP contribution < -0.4 is 11.2 Å². The van der Waals surface area contributed by atoms with E-state index in [0.29, 0.717) is 12.0 Å². The molecule has 1 amide bonds. The molecule has 2 heterocycles. The number of aromatic amines is 1. The van der Waals surface area contributed by atoms with Crippen molar-refractivity contribution in [2.24, 2.45) is 5.10 Å². The minimum atomic E-state index is -0.161. The number of rotatable bonds is 4. The number of nitrogen functional groups attached to an aromatic ring is 1. The molecule has 0 aliphatic carbocycles. The van der Waals surface area contributed by atoms with Crippen molar-refractivity contribution in [1.82, 2.24) is 10.4 Å². The highest BCUT2D eigenvalue weighted by molar-refractivity contribution is 6.27. The molecule has 5 nitrogen and oxygen atoms in total. The van der Waals surface area contributed by atoms with Crippen molar-refractivity contribution in [2.45, 2.75) is 12.8 Å². The number of carbonyl (C=O) groups excluding carboxylic acids is 1. The van der Waals surface area contributed by atoms with Crippen molar-refractivity contribution < 1.29 is 4.79 Å². The summed E-state index contributed by atoms with van der Waals surface area (Å²) in [7, 11) is 0. The van der Waals surface area contributed by atoms with E-state index in [1.54, 1.807) is 0 Å². The monoisotopic (exact) mass is 330 g/mol. The molecule has 5 heteroatoms. The van der Waals surface area contributed by atoms with Crippen LogP contribution in [0.4, 0.5) is 5.69 Å². The lowest BCUT2D eigenvalue weighted by molar-refractivity contribution is -0.116. The van der Waals surface area contributed by atoms with E-state index in [0.717, 1.165) is 34.4 Å². The van der Waals surface area contributed by atoms with Crippen molar-refractivity contribution in [3.05, 3.63) is 71.4 Å². The first-order valence-corrected chi connectivity index (χ1v) is 8.20. The molecule has 0 unspecified atom stereocenters. The fourth-order valence-corrected chi connectivity index (χ4v) is 2.99. The van der Waals surface area contributed by atoms with Crippen LogP contribution in [0, 0.1) is 0 Å². The van der Waals surface area contributed by atoms with Crippen molar-refractivity contribution in [3.63, 3.8) is 0 Å². The minimum absolute atomic E-state index is 0.161. The van der Waals surface area contributed by atoms with Gasteiger partial charge in [0.05, 0.1) is 11.3 Å². The van der Waals surface area contributed by atoms with E-state index in [9.17, 15) is 4.79 Å². The zero-order chi connectivity index (χ0) is 17.2. The van der Waals surface area contributed by atoms with Gasteiger partial charge in [-0.3, -0.25) is 4.79 Å². The van der Waals surface area contributed by atoms with Gasteiger partial charge in [-0.15, -0.1) is 0 Å². The summed E-state index contributed by atoms with van der Waals surface area (Å²) in [5.74, 6) is -0.161. The zero-order valence-corrected chi connectivity index (χ0v) is 13.6. The number of hydrazone groups is 1. The van der Waals surface area contributed by atoms with Crippen LogP contribution in [0.3, 0.4) is 0 Å². The number of hydrogen-bond acceptors (Lipinski definition) is 3. The highest BCUT2D eigenvalue weighted by Gasteiger charge is 2.22. The molecular weight excluding hydrogens is 312 g/mol. The van der Waals surface area contributed by atoms with Gasteiger partial charge in [-0.05, 0) is 54.1 Å². The second kappa shape index (κ2) is 6.28. The molecule has 0 saturated heterocycles. The summed E-state index contributed by atoms with van der Waals surface area (Å²) < 4.78 is 0. The van der Waals surface area contributed by atoms with Gasteiger partial charge in [-0.1, -0.05) is 30.3 Å². The number of hydrogen-bond donors (Lipinski definition) is 3. The summed E-state index contributed by atoms with van der Waals surface area (Å²) in [6.45, 7) is 0. The summed E-state index contributed by atoms with van der Waals surface area (Å²) >= 11 is 0. The van der Waals surface area contributed by atoms with Crippen LogP contribution in [0.25, 0.3) is 17.0 Å². The van der Waals surface area contributed by atoms with Crippen LogP contribution in [0.5, 0.6) is 0 Å². The Morgan fingerprint density at radius 1 is 1.04 bits per heavy atom. The SMILES string of the molecule is Nc1ccc(CCC2=NNC(=O)C2=Cc2cc3ccccc3[nH]2)cc1. The normalized spacial score (nSPS) is 15.6.